The maximum absolute atomic E-state index is 13.4. The summed E-state index contributed by atoms with van der Waals surface area (Å²) in [6, 6.07) is 0.728. The molecule has 16 heavy (non-hydrogen) atoms. The van der Waals surface area contributed by atoms with Gasteiger partial charge in [-0.25, -0.2) is 8.78 Å². The molecule has 5 heteroatoms. The van der Waals surface area contributed by atoms with E-state index in [1.54, 1.807) is 0 Å². The van der Waals surface area contributed by atoms with Gasteiger partial charge in [0, 0.05) is 17.2 Å². The summed E-state index contributed by atoms with van der Waals surface area (Å²) in [6.45, 7) is 0.364. The van der Waals surface area contributed by atoms with Crippen LogP contribution in [0.3, 0.4) is 0 Å². The van der Waals surface area contributed by atoms with Gasteiger partial charge in [0.1, 0.15) is 17.4 Å². The van der Waals surface area contributed by atoms with Crippen LogP contribution >= 0.6 is 0 Å². The second-order valence-corrected chi connectivity index (χ2v) is 3.65. The van der Waals surface area contributed by atoms with Gasteiger partial charge in [-0.05, 0) is 12.8 Å². The SMILES string of the molecule is O=C(O)Cc1c(F)cc(F)c2c1OCCC2. The third-order valence-corrected chi connectivity index (χ3v) is 2.52. The Morgan fingerprint density at radius 3 is 2.88 bits per heavy atom. The Morgan fingerprint density at radius 2 is 2.19 bits per heavy atom. The number of ether oxygens (including phenoxy) is 1. The summed E-state index contributed by atoms with van der Waals surface area (Å²) in [7, 11) is 0. The first-order valence-electron chi connectivity index (χ1n) is 4.94. The van der Waals surface area contributed by atoms with E-state index < -0.39 is 24.0 Å². The van der Waals surface area contributed by atoms with Crippen LogP contribution in [0.25, 0.3) is 0 Å². The monoisotopic (exact) mass is 228 g/mol. The van der Waals surface area contributed by atoms with Gasteiger partial charge in [0.15, 0.2) is 0 Å². The maximum atomic E-state index is 13.4. The lowest BCUT2D eigenvalue weighted by Gasteiger charge is -2.20. The van der Waals surface area contributed by atoms with E-state index in [4.69, 9.17) is 9.84 Å². The fourth-order valence-electron chi connectivity index (χ4n) is 1.83. The molecule has 0 bridgehead atoms. The molecule has 0 unspecified atom stereocenters. The van der Waals surface area contributed by atoms with E-state index in [0.29, 0.717) is 19.4 Å². The van der Waals surface area contributed by atoms with Crippen molar-refractivity contribution in [1.82, 2.24) is 0 Å². The zero-order valence-corrected chi connectivity index (χ0v) is 8.43. The first kappa shape index (κ1) is 10.9. The molecule has 0 spiro atoms. The predicted molar refractivity (Wildman–Crippen MR) is 51.5 cm³/mol. The summed E-state index contributed by atoms with van der Waals surface area (Å²) in [6.07, 6.45) is 0.616. The van der Waals surface area contributed by atoms with Crippen molar-refractivity contribution in [2.24, 2.45) is 0 Å². The van der Waals surface area contributed by atoms with Gasteiger partial charge >= 0.3 is 5.97 Å². The van der Waals surface area contributed by atoms with Crippen molar-refractivity contribution in [3.63, 3.8) is 0 Å². The molecule has 1 heterocycles. The Kier molecular flexibility index (Phi) is 2.77. The van der Waals surface area contributed by atoms with Crippen molar-refractivity contribution >= 4 is 5.97 Å². The Balaban J connectivity index is 2.54. The summed E-state index contributed by atoms with van der Waals surface area (Å²) in [5.74, 6) is -2.62. The van der Waals surface area contributed by atoms with Gasteiger partial charge in [-0.1, -0.05) is 0 Å². The summed E-state index contributed by atoms with van der Waals surface area (Å²) in [5, 5.41) is 8.65. The highest BCUT2D eigenvalue weighted by atomic mass is 19.1. The van der Waals surface area contributed by atoms with E-state index >= 15 is 0 Å². The van der Waals surface area contributed by atoms with Gasteiger partial charge in [-0.3, -0.25) is 4.79 Å². The molecule has 0 aromatic heterocycles. The second-order valence-electron chi connectivity index (χ2n) is 3.65. The molecule has 1 N–H and O–H groups in total. The van der Waals surface area contributed by atoms with Crippen molar-refractivity contribution in [3.05, 3.63) is 28.8 Å². The molecule has 0 amide bonds. The third-order valence-electron chi connectivity index (χ3n) is 2.52. The summed E-state index contributed by atoms with van der Waals surface area (Å²) < 4.78 is 32.0. The van der Waals surface area contributed by atoms with Crippen molar-refractivity contribution in [3.8, 4) is 5.75 Å². The average molecular weight is 228 g/mol. The number of hydrogen-bond acceptors (Lipinski definition) is 2. The molecule has 2 rings (SSSR count). The molecular weight excluding hydrogens is 218 g/mol. The second kappa shape index (κ2) is 4.08. The van der Waals surface area contributed by atoms with Crippen LogP contribution in [0, 0.1) is 11.6 Å². The number of hydrogen-bond donors (Lipinski definition) is 1. The highest BCUT2D eigenvalue weighted by Crippen LogP contribution is 2.33. The van der Waals surface area contributed by atoms with E-state index in [1.165, 1.54) is 0 Å². The van der Waals surface area contributed by atoms with E-state index in [9.17, 15) is 13.6 Å². The van der Waals surface area contributed by atoms with Gasteiger partial charge in [0.25, 0.3) is 0 Å². The highest BCUT2D eigenvalue weighted by molar-refractivity contribution is 5.72. The van der Waals surface area contributed by atoms with Crippen molar-refractivity contribution in [1.29, 1.82) is 0 Å². The van der Waals surface area contributed by atoms with Gasteiger partial charge < -0.3 is 9.84 Å². The Morgan fingerprint density at radius 1 is 1.44 bits per heavy atom. The zero-order chi connectivity index (χ0) is 11.7. The maximum Gasteiger partial charge on any atom is 0.308 e. The minimum absolute atomic E-state index is 0.0661. The standard InChI is InChI=1S/C11H10F2O3/c12-8-5-9(13)7(4-10(14)15)11-6(8)2-1-3-16-11/h5H,1-4H2,(H,14,15). The molecule has 86 valence electrons. The lowest BCUT2D eigenvalue weighted by Crippen LogP contribution is -2.15. The molecular formula is C11H10F2O3. The zero-order valence-electron chi connectivity index (χ0n) is 8.43. The molecule has 0 saturated carbocycles. The van der Waals surface area contributed by atoms with Gasteiger partial charge in [-0.15, -0.1) is 0 Å². The number of carbonyl (C=O) groups is 1. The molecule has 3 nitrogen and oxygen atoms in total. The Labute approximate surface area is 90.7 Å². The Hall–Kier alpha value is -1.65. The number of aliphatic carboxylic acids is 1. The molecule has 0 aliphatic carbocycles. The van der Waals surface area contributed by atoms with Crippen LogP contribution in [-0.4, -0.2) is 17.7 Å². The van der Waals surface area contributed by atoms with Gasteiger partial charge in [-0.2, -0.15) is 0 Å². The lowest BCUT2D eigenvalue weighted by molar-refractivity contribution is -0.136. The molecule has 1 aromatic carbocycles. The van der Waals surface area contributed by atoms with Crippen LogP contribution < -0.4 is 4.74 Å². The van der Waals surface area contributed by atoms with Crippen LogP contribution in [0.1, 0.15) is 17.5 Å². The minimum Gasteiger partial charge on any atom is -0.493 e. The lowest BCUT2D eigenvalue weighted by atomic mass is 9.99. The molecule has 0 saturated heterocycles. The van der Waals surface area contributed by atoms with Gasteiger partial charge in [0.2, 0.25) is 0 Å². The number of halogens is 2. The predicted octanol–water partition coefficient (Wildman–Crippen LogP) is 1.92. The number of benzene rings is 1. The summed E-state index contributed by atoms with van der Waals surface area (Å²) >= 11 is 0. The smallest absolute Gasteiger partial charge is 0.308 e. The average Bonchev–Trinajstić information content (AvgIpc) is 2.24. The largest absolute Gasteiger partial charge is 0.493 e. The number of carboxylic acid groups (broad SMARTS) is 1. The molecule has 1 aliphatic rings. The van der Waals surface area contributed by atoms with Crippen LogP contribution in [0.4, 0.5) is 8.78 Å². The molecule has 0 atom stereocenters. The van der Waals surface area contributed by atoms with Crippen molar-refractivity contribution in [2.75, 3.05) is 6.61 Å². The first-order chi connectivity index (χ1) is 7.59. The van der Waals surface area contributed by atoms with Crippen LogP contribution in [-0.2, 0) is 17.6 Å². The van der Waals surface area contributed by atoms with E-state index in [-0.39, 0.29) is 16.9 Å². The van der Waals surface area contributed by atoms with Crippen LogP contribution in [0.5, 0.6) is 5.75 Å². The third kappa shape index (κ3) is 1.85. The normalized spacial score (nSPS) is 14.1. The van der Waals surface area contributed by atoms with Crippen LogP contribution in [0.2, 0.25) is 0 Å². The molecule has 1 aromatic rings. The molecule has 1 aliphatic heterocycles. The number of rotatable bonds is 2. The van der Waals surface area contributed by atoms with E-state index in [1.807, 2.05) is 0 Å². The summed E-state index contributed by atoms with van der Waals surface area (Å²) in [5.41, 5.74) is 0.215. The van der Waals surface area contributed by atoms with E-state index in [2.05, 4.69) is 0 Å². The number of fused-ring (bicyclic) bond motifs is 1. The fourth-order valence-corrected chi connectivity index (χ4v) is 1.83. The fraction of sp³-hybridized carbons (Fsp3) is 0.364. The van der Waals surface area contributed by atoms with Gasteiger partial charge in [0.05, 0.1) is 13.0 Å². The molecule has 0 radical (unpaired) electrons. The number of carboxylic acids is 1. The minimum atomic E-state index is -1.16. The first-order valence-corrected chi connectivity index (χ1v) is 4.94. The summed E-state index contributed by atoms with van der Waals surface area (Å²) in [4.78, 5) is 10.6. The molecule has 0 fully saturated rings. The van der Waals surface area contributed by atoms with E-state index in [0.717, 1.165) is 6.07 Å². The highest BCUT2D eigenvalue weighted by Gasteiger charge is 2.23. The topological polar surface area (TPSA) is 46.5 Å². The quantitative estimate of drug-likeness (QED) is 0.841. The Bertz CT molecular complexity index is 443. The van der Waals surface area contributed by atoms with Crippen molar-refractivity contribution in [2.45, 2.75) is 19.3 Å². The van der Waals surface area contributed by atoms with Crippen LogP contribution in [0.15, 0.2) is 6.07 Å². The van der Waals surface area contributed by atoms with Crippen molar-refractivity contribution < 1.29 is 23.4 Å².